The SMILES string of the molecule is CCCNC1CCC(c2cccc(C(F)(F)F)c2)C1C. The second-order valence-corrected chi connectivity index (χ2v) is 5.73. The van der Waals surface area contributed by atoms with Gasteiger partial charge in [0.2, 0.25) is 0 Å². The maximum absolute atomic E-state index is 12.8. The van der Waals surface area contributed by atoms with E-state index in [4.69, 9.17) is 0 Å². The van der Waals surface area contributed by atoms with Crippen LogP contribution in [0, 0.1) is 5.92 Å². The van der Waals surface area contributed by atoms with E-state index in [1.54, 1.807) is 0 Å². The predicted octanol–water partition coefficient (Wildman–Crippen LogP) is 4.59. The molecule has 0 bridgehead atoms. The van der Waals surface area contributed by atoms with E-state index in [0.717, 1.165) is 37.4 Å². The third-order valence-electron chi connectivity index (χ3n) is 4.36. The van der Waals surface area contributed by atoms with Crippen molar-refractivity contribution in [2.75, 3.05) is 6.54 Å². The quantitative estimate of drug-likeness (QED) is 0.853. The lowest BCUT2D eigenvalue weighted by molar-refractivity contribution is -0.137. The van der Waals surface area contributed by atoms with Gasteiger partial charge in [-0.2, -0.15) is 13.2 Å². The van der Waals surface area contributed by atoms with E-state index in [2.05, 4.69) is 19.2 Å². The molecule has 0 amide bonds. The van der Waals surface area contributed by atoms with Crippen LogP contribution in [0.3, 0.4) is 0 Å². The van der Waals surface area contributed by atoms with Gasteiger partial charge in [-0.15, -0.1) is 0 Å². The summed E-state index contributed by atoms with van der Waals surface area (Å²) in [6.07, 6.45) is -1.17. The van der Waals surface area contributed by atoms with Crippen LogP contribution in [0.25, 0.3) is 0 Å². The molecule has 1 aliphatic carbocycles. The standard InChI is InChI=1S/C16H22F3N/c1-3-9-20-15-8-7-14(11(15)2)12-5-4-6-13(10-12)16(17,18)19/h4-6,10-11,14-15,20H,3,7-9H2,1-2H3. The van der Waals surface area contributed by atoms with E-state index in [-0.39, 0.29) is 5.92 Å². The van der Waals surface area contributed by atoms with Gasteiger partial charge in [-0.3, -0.25) is 0 Å². The number of benzene rings is 1. The van der Waals surface area contributed by atoms with Crippen LogP contribution in [0.5, 0.6) is 0 Å². The van der Waals surface area contributed by atoms with Crippen molar-refractivity contribution in [3.63, 3.8) is 0 Å². The summed E-state index contributed by atoms with van der Waals surface area (Å²) in [7, 11) is 0. The smallest absolute Gasteiger partial charge is 0.314 e. The van der Waals surface area contributed by atoms with Gasteiger partial charge in [-0.05, 0) is 49.3 Å². The predicted molar refractivity (Wildman–Crippen MR) is 74.7 cm³/mol. The summed E-state index contributed by atoms with van der Waals surface area (Å²) in [5.41, 5.74) is 0.292. The van der Waals surface area contributed by atoms with E-state index in [0.29, 0.717) is 12.0 Å². The van der Waals surface area contributed by atoms with Gasteiger partial charge in [0.1, 0.15) is 0 Å². The Labute approximate surface area is 118 Å². The number of hydrogen-bond donors (Lipinski definition) is 1. The maximum Gasteiger partial charge on any atom is 0.416 e. The Kier molecular flexibility index (Phi) is 4.74. The van der Waals surface area contributed by atoms with Crippen molar-refractivity contribution in [3.8, 4) is 0 Å². The molecule has 112 valence electrons. The number of rotatable bonds is 4. The highest BCUT2D eigenvalue weighted by molar-refractivity contribution is 5.29. The highest BCUT2D eigenvalue weighted by atomic mass is 19.4. The first-order chi connectivity index (χ1) is 9.43. The molecule has 3 unspecified atom stereocenters. The van der Waals surface area contributed by atoms with Gasteiger partial charge in [-0.1, -0.05) is 32.0 Å². The van der Waals surface area contributed by atoms with E-state index >= 15 is 0 Å². The molecule has 1 aromatic carbocycles. The Morgan fingerprint density at radius 1 is 1.25 bits per heavy atom. The van der Waals surface area contributed by atoms with Crippen molar-refractivity contribution in [1.82, 2.24) is 5.32 Å². The molecule has 0 radical (unpaired) electrons. The van der Waals surface area contributed by atoms with Crippen LogP contribution in [0.2, 0.25) is 0 Å². The molecular formula is C16H22F3N. The van der Waals surface area contributed by atoms with Crippen molar-refractivity contribution in [2.24, 2.45) is 5.92 Å². The lowest BCUT2D eigenvalue weighted by Gasteiger charge is -2.22. The summed E-state index contributed by atoms with van der Waals surface area (Å²) in [6, 6.07) is 6.25. The van der Waals surface area contributed by atoms with Gasteiger partial charge in [-0.25, -0.2) is 0 Å². The maximum atomic E-state index is 12.8. The van der Waals surface area contributed by atoms with Crippen molar-refractivity contribution in [1.29, 1.82) is 0 Å². The molecule has 20 heavy (non-hydrogen) atoms. The summed E-state index contributed by atoms with van der Waals surface area (Å²) in [5.74, 6) is 0.608. The summed E-state index contributed by atoms with van der Waals surface area (Å²) in [4.78, 5) is 0. The third-order valence-corrected chi connectivity index (χ3v) is 4.36. The number of halogens is 3. The topological polar surface area (TPSA) is 12.0 Å². The first kappa shape index (κ1) is 15.4. The Morgan fingerprint density at radius 2 is 2.00 bits per heavy atom. The highest BCUT2D eigenvalue weighted by Crippen LogP contribution is 2.41. The average Bonchev–Trinajstić information content (AvgIpc) is 2.77. The molecule has 3 atom stereocenters. The van der Waals surface area contributed by atoms with Crippen LogP contribution < -0.4 is 5.32 Å². The van der Waals surface area contributed by atoms with Crippen molar-refractivity contribution in [2.45, 2.75) is 51.2 Å². The normalized spacial score (nSPS) is 26.9. The molecule has 1 N–H and O–H groups in total. The van der Waals surface area contributed by atoms with Crippen molar-refractivity contribution < 1.29 is 13.2 Å². The fraction of sp³-hybridized carbons (Fsp3) is 0.625. The van der Waals surface area contributed by atoms with Gasteiger partial charge in [0, 0.05) is 6.04 Å². The molecule has 1 nitrogen and oxygen atoms in total. The molecular weight excluding hydrogens is 263 g/mol. The van der Waals surface area contributed by atoms with Crippen LogP contribution in [-0.4, -0.2) is 12.6 Å². The molecule has 1 fully saturated rings. The van der Waals surface area contributed by atoms with Gasteiger partial charge in [0.15, 0.2) is 0 Å². The minimum Gasteiger partial charge on any atom is -0.314 e. The summed E-state index contributed by atoms with van der Waals surface area (Å²) < 4.78 is 38.3. The average molecular weight is 285 g/mol. The Hall–Kier alpha value is -1.03. The molecule has 1 aliphatic rings. The second kappa shape index (κ2) is 6.17. The van der Waals surface area contributed by atoms with Crippen LogP contribution in [-0.2, 0) is 6.18 Å². The molecule has 0 spiro atoms. The Bertz CT molecular complexity index is 442. The van der Waals surface area contributed by atoms with E-state index in [1.165, 1.54) is 12.1 Å². The van der Waals surface area contributed by atoms with E-state index < -0.39 is 11.7 Å². The molecule has 0 heterocycles. The van der Waals surface area contributed by atoms with Crippen LogP contribution in [0.1, 0.15) is 50.2 Å². The van der Waals surface area contributed by atoms with Crippen LogP contribution >= 0.6 is 0 Å². The van der Waals surface area contributed by atoms with Crippen LogP contribution in [0.4, 0.5) is 13.2 Å². The monoisotopic (exact) mass is 285 g/mol. The van der Waals surface area contributed by atoms with Crippen LogP contribution in [0.15, 0.2) is 24.3 Å². The third kappa shape index (κ3) is 3.35. The fourth-order valence-electron chi connectivity index (χ4n) is 3.20. The lowest BCUT2D eigenvalue weighted by Crippen LogP contribution is -2.32. The molecule has 2 rings (SSSR count). The largest absolute Gasteiger partial charge is 0.416 e. The molecule has 0 aliphatic heterocycles. The van der Waals surface area contributed by atoms with Crippen molar-refractivity contribution in [3.05, 3.63) is 35.4 Å². The second-order valence-electron chi connectivity index (χ2n) is 5.73. The zero-order chi connectivity index (χ0) is 14.8. The fourth-order valence-corrected chi connectivity index (χ4v) is 3.20. The zero-order valence-corrected chi connectivity index (χ0v) is 12.0. The minimum absolute atomic E-state index is 0.228. The van der Waals surface area contributed by atoms with E-state index in [9.17, 15) is 13.2 Å². The number of hydrogen-bond acceptors (Lipinski definition) is 1. The zero-order valence-electron chi connectivity index (χ0n) is 12.0. The van der Waals surface area contributed by atoms with Gasteiger partial charge in [0.25, 0.3) is 0 Å². The Balaban J connectivity index is 2.13. The molecule has 0 aromatic heterocycles. The minimum atomic E-state index is -4.25. The van der Waals surface area contributed by atoms with Crippen molar-refractivity contribution >= 4 is 0 Å². The van der Waals surface area contributed by atoms with Gasteiger partial charge >= 0.3 is 6.18 Å². The molecule has 4 heteroatoms. The molecule has 1 aromatic rings. The first-order valence-corrected chi connectivity index (χ1v) is 7.34. The molecule has 0 saturated heterocycles. The first-order valence-electron chi connectivity index (χ1n) is 7.34. The summed E-state index contributed by atoms with van der Waals surface area (Å²) in [6.45, 7) is 5.24. The van der Waals surface area contributed by atoms with Gasteiger partial charge in [0.05, 0.1) is 5.56 Å². The highest BCUT2D eigenvalue weighted by Gasteiger charge is 2.35. The number of nitrogens with one attached hydrogen (secondary N) is 1. The Morgan fingerprint density at radius 3 is 2.65 bits per heavy atom. The van der Waals surface area contributed by atoms with E-state index in [1.807, 2.05) is 6.07 Å². The lowest BCUT2D eigenvalue weighted by atomic mass is 9.88. The number of alkyl halides is 3. The summed E-state index contributed by atoms with van der Waals surface area (Å²) >= 11 is 0. The molecule has 1 saturated carbocycles. The van der Waals surface area contributed by atoms with Gasteiger partial charge < -0.3 is 5.32 Å². The summed E-state index contributed by atoms with van der Waals surface area (Å²) in [5, 5.41) is 3.50.